The largest absolute Gasteiger partial charge is 0.393 e. The molecule has 1 atom stereocenters. The highest BCUT2D eigenvalue weighted by Crippen LogP contribution is 2.36. The molecule has 1 rings (SSSR count). The molecular weight excluding hydrogens is 156 g/mol. The molecule has 0 aromatic rings. The first-order chi connectivity index (χ1) is 5.44. The van der Waals surface area contributed by atoms with Crippen LogP contribution in [0.25, 0.3) is 0 Å². The van der Waals surface area contributed by atoms with E-state index in [0.717, 1.165) is 6.42 Å². The summed E-state index contributed by atoms with van der Waals surface area (Å²) in [5, 5.41) is 0. The van der Waals surface area contributed by atoms with Crippen molar-refractivity contribution in [3.05, 3.63) is 0 Å². The Kier molecular flexibility index (Phi) is 2.22. The lowest BCUT2D eigenvalue weighted by Gasteiger charge is -2.19. The van der Waals surface area contributed by atoms with Crippen molar-refractivity contribution in [2.45, 2.75) is 33.6 Å². The first kappa shape index (κ1) is 9.23. The Hall–Kier alpha value is -0.860. The van der Waals surface area contributed by atoms with Crippen molar-refractivity contribution >= 4 is 11.9 Å². The molecule has 12 heavy (non-hydrogen) atoms. The summed E-state index contributed by atoms with van der Waals surface area (Å²) in [6.45, 7) is 5.85. The van der Waals surface area contributed by atoms with Gasteiger partial charge in [-0.2, -0.15) is 0 Å². The Morgan fingerprint density at radius 2 is 2.08 bits per heavy atom. The van der Waals surface area contributed by atoms with Crippen LogP contribution in [-0.2, 0) is 14.3 Å². The molecule has 0 aliphatic carbocycles. The summed E-state index contributed by atoms with van der Waals surface area (Å²) in [6, 6.07) is 0. The molecule has 1 fully saturated rings. The highest BCUT2D eigenvalue weighted by molar-refractivity contribution is 5.97. The van der Waals surface area contributed by atoms with Crippen LogP contribution in [0.5, 0.6) is 0 Å². The van der Waals surface area contributed by atoms with Gasteiger partial charge in [0.25, 0.3) is 0 Å². The van der Waals surface area contributed by atoms with Gasteiger partial charge >= 0.3 is 11.9 Å². The molecule has 3 nitrogen and oxygen atoms in total. The number of cyclic esters (lactones) is 2. The minimum Gasteiger partial charge on any atom is -0.393 e. The average Bonchev–Trinajstić information content (AvgIpc) is 2.04. The molecule has 3 heteroatoms. The van der Waals surface area contributed by atoms with Gasteiger partial charge in [0.15, 0.2) is 0 Å². The van der Waals surface area contributed by atoms with Gasteiger partial charge in [0.1, 0.15) is 0 Å². The van der Waals surface area contributed by atoms with Crippen molar-refractivity contribution in [3.8, 4) is 0 Å². The summed E-state index contributed by atoms with van der Waals surface area (Å²) < 4.78 is 4.50. The molecule has 0 amide bonds. The van der Waals surface area contributed by atoms with Gasteiger partial charge in [-0.1, -0.05) is 13.8 Å². The van der Waals surface area contributed by atoms with Gasteiger partial charge < -0.3 is 4.74 Å². The number of hydrogen-bond donors (Lipinski definition) is 0. The Bertz CT molecular complexity index is 220. The Morgan fingerprint density at radius 3 is 2.42 bits per heavy atom. The van der Waals surface area contributed by atoms with Gasteiger partial charge in [0, 0.05) is 0 Å². The van der Waals surface area contributed by atoms with Gasteiger partial charge in [0.2, 0.25) is 0 Å². The lowest BCUT2D eigenvalue weighted by Crippen LogP contribution is -2.24. The molecule has 68 valence electrons. The molecule has 0 radical (unpaired) electrons. The van der Waals surface area contributed by atoms with Crippen LogP contribution in [0, 0.1) is 11.3 Å². The van der Waals surface area contributed by atoms with E-state index in [9.17, 15) is 9.59 Å². The smallest absolute Gasteiger partial charge is 0.320 e. The monoisotopic (exact) mass is 170 g/mol. The van der Waals surface area contributed by atoms with E-state index in [-0.39, 0.29) is 18.4 Å². The minimum atomic E-state index is -0.564. The molecular formula is C9H14O3. The third-order valence-electron chi connectivity index (χ3n) is 2.09. The zero-order valence-electron chi connectivity index (χ0n) is 7.72. The van der Waals surface area contributed by atoms with Crippen LogP contribution in [0.4, 0.5) is 0 Å². The number of hydrogen-bond acceptors (Lipinski definition) is 3. The maximum atomic E-state index is 11.2. The highest BCUT2D eigenvalue weighted by atomic mass is 16.6. The number of rotatable bonds is 2. The van der Waals surface area contributed by atoms with Gasteiger partial charge in [-0.15, -0.1) is 0 Å². The molecule has 1 aliphatic heterocycles. The zero-order chi connectivity index (χ0) is 9.35. The first-order valence-electron chi connectivity index (χ1n) is 4.19. The van der Waals surface area contributed by atoms with E-state index in [1.807, 2.05) is 13.8 Å². The molecule has 0 saturated carbocycles. The Labute approximate surface area is 72.1 Å². The molecule has 0 aromatic heterocycles. The van der Waals surface area contributed by atoms with E-state index in [1.165, 1.54) is 0 Å². The van der Waals surface area contributed by atoms with E-state index >= 15 is 0 Å². The zero-order valence-corrected chi connectivity index (χ0v) is 7.72. The van der Waals surface area contributed by atoms with E-state index in [0.29, 0.717) is 5.92 Å². The van der Waals surface area contributed by atoms with Crippen LogP contribution >= 0.6 is 0 Å². The molecule has 1 aliphatic rings. The fraction of sp³-hybridized carbons (Fsp3) is 0.778. The van der Waals surface area contributed by atoms with Crippen LogP contribution in [0.15, 0.2) is 0 Å². The fourth-order valence-electron chi connectivity index (χ4n) is 1.71. The topological polar surface area (TPSA) is 43.4 Å². The van der Waals surface area contributed by atoms with Gasteiger partial charge in [-0.25, -0.2) is 0 Å². The quantitative estimate of drug-likeness (QED) is 0.466. The van der Waals surface area contributed by atoms with Crippen molar-refractivity contribution in [1.29, 1.82) is 0 Å². The molecule has 0 aromatic carbocycles. The molecule has 0 spiro atoms. The molecule has 0 bridgehead atoms. The van der Waals surface area contributed by atoms with Gasteiger partial charge in [0.05, 0.1) is 11.8 Å². The fourth-order valence-corrected chi connectivity index (χ4v) is 1.71. The SMILES string of the molecule is CC(C)CC1(C)CC(=O)OC1=O. The third kappa shape index (κ3) is 1.65. The molecule has 1 unspecified atom stereocenters. The number of esters is 2. The summed E-state index contributed by atoms with van der Waals surface area (Å²) in [5.41, 5.74) is -0.564. The number of carbonyl (C=O) groups excluding carboxylic acids is 2. The summed E-state index contributed by atoms with van der Waals surface area (Å²) in [4.78, 5) is 22.0. The molecule has 0 N–H and O–H groups in total. The summed E-state index contributed by atoms with van der Waals surface area (Å²) in [6.07, 6.45) is 0.960. The maximum absolute atomic E-state index is 11.2. The second-order valence-electron chi connectivity index (χ2n) is 4.10. The Balaban J connectivity index is 2.71. The van der Waals surface area contributed by atoms with E-state index in [2.05, 4.69) is 4.74 Å². The van der Waals surface area contributed by atoms with Crippen LogP contribution < -0.4 is 0 Å². The van der Waals surface area contributed by atoms with Crippen molar-refractivity contribution in [1.82, 2.24) is 0 Å². The van der Waals surface area contributed by atoms with E-state index in [4.69, 9.17) is 0 Å². The van der Waals surface area contributed by atoms with Crippen LogP contribution in [0.2, 0.25) is 0 Å². The summed E-state index contributed by atoms with van der Waals surface area (Å²) in [7, 11) is 0. The normalized spacial score (nSPS) is 29.7. The van der Waals surface area contributed by atoms with E-state index < -0.39 is 5.41 Å². The lowest BCUT2D eigenvalue weighted by molar-refractivity contribution is -0.155. The molecule has 1 heterocycles. The average molecular weight is 170 g/mol. The highest BCUT2D eigenvalue weighted by Gasteiger charge is 2.45. The third-order valence-corrected chi connectivity index (χ3v) is 2.09. The van der Waals surface area contributed by atoms with Crippen molar-refractivity contribution in [3.63, 3.8) is 0 Å². The Morgan fingerprint density at radius 1 is 1.50 bits per heavy atom. The van der Waals surface area contributed by atoms with Crippen molar-refractivity contribution in [2.75, 3.05) is 0 Å². The maximum Gasteiger partial charge on any atom is 0.320 e. The van der Waals surface area contributed by atoms with Crippen LogP contribution in [-0.4, -0.2) is 11.9 Å². The predicted octanol–water partition coefficient (Wildman–Crippen LogP) is 1.51. The number of carbonyl (C=O) groups is 2. The number of ether oxygens (including phenoxy) is 1. The van der Waals surface area contributed by atoms with Crippen molar-refractivity contribution in [2.24, 2.45) is 11.3 Å². The minimum absolute atomic E-state index is 0.240. The second-order valence-corrected chi connectivity index (χ2v) is 4.10. The summed E-state index contributed by atoms with van der Waals surface area (Å²) >= 11 is 0. The van der Waals surface area contributed by atoms with Crippen LogP contribution in [0.3, 0.4) is 0 Å². The standard InChI is InChI=1S/C9H14O3/c1-6(2)4-9(3)5-7(10)12-8(9)11/h6H,4-5H2,1-3H3. The first-order valence-corrected chi connectivity index (χ1v) is 4.19. The predicted molar refractivity (Wildman–Crippen MR) is 43.3 cm³/mol. The second kappa shape index (κ2) is 2.88. The van der Waals surface area contributed by atoms with Gasteiger partial charge in [-0.3, -0.25) is 9.59 Å². The summed E-state index contributed by atoms with van der Waals surface area (Å²) in [5.74, 6) is -0.335. The van der Waals surface area contributed by atoms with Crippen LogP contribution in [0.1, 0.15) is 33.6 Å². The van der Waals surface area contributed by atoms with E-state index in [1.54, 1.807) is 6.92 Å². The van der Waals surface area contributed by atoms with Gasteiger partial charge in [-0.05, 0) is 19.3 Å². The van der Waals surface area contributed by atoms with Crippen molar-refractivity contribution < 1.29 is 14.3 Å². The lowest BCUT2D eigenvalue weighted by atomic mass is 9.81. The molecule has 1 saturated heterocycles.